The van der Waals surface area contributed by atoms with E-state index in [9.17, 15) is 4.79 Å². The van der Waals surface area contributed by atoms with Gasteiger partial charge >= 0.3 is 0 Å². The lowest BCUT2D eigenvalue weighted by atomic mass is 10.1. The van der Waals surface area contributed by atoms with Crippen LogP contribution in [0.2, 0.25) is 0 Å². The maximum absolute atomic E-state index is 10.9. The Bertz CT molecular complexity index is 230. The quantitative estimate of drug-likeness (QED) is 0.218. The molecule has 0 aromatic carbocycles. The lowest BCUT2D eigenvalue weighted by molar-refractivity contribution is -0.858. The number of quaternary nitrogens is 1. The van der Waals surface area contributed by atoms with Gasteiger partial charge in [0.1, 0.15) is 6.21 Å². The van der Waals surface area contributed by atoms with Gasteiger partial charge < -0.3 is 15.4 Å². The van der Waals surface area contributed by atoms with Crippen LogP contribution in [0, 0.1) is 0 Å². The van der Waals surface area contributed by atoms with Crippen LogP contribution in [-0.2, 0) is 4.79 Å². The molecule has 18 heavy (non-hydrogen) atoms. The van der Waals surface area contributed by atoms with Gasteiger partial charge in [-0.1, -0.05) is 30.8 Å². The first-order valence-corrected chi connectivity index (χ1v) is 6.91. The SMILES string of the molecule is C[NH+](C)CCCCCCCCCNC(=O)/C=N\O. The molecule has 5 heteroatoms. The maximum atomic E-state index is 10.9. The minimum atomic E-state index is -0.330. The number of amides is 1. The highest BCUT2D eigenvalue weighted by atomic mass is 16.4. The van der Waals surface area contributed by atoms with E-state index >= 15 is 0 Å². The van der Waals surface area contributed by atoms with Crippen LogP contribution in [0.3, 0.4) is 0 Å². The summed E-state index contributed by atoms with van der Waals surface area (Å²) in [5, 5.41) is 13.4. The summed E-state index contributed by atoms with van der Waals surface area (Å²) in [6.07, 6.45) is 9.51. The molecule has 0 saturated heterocycles. The summed E-state index contributed by atoms with van der Waals surface area (Å²) in [5.41, 5.74) is 0. The maximum Gasteiger partial charge on any atom is 0.265 e. The first kappa shape index (κ1) is 16.9. The number of unbranched alkanes of at least 4 members (excludes halogenated alkanes) is 6. The Labute approximate surface area is 110 Å². The van der Waals surface area contributed by atoms with Crippen molar-refractivity contribution in [1.29, 1.82) is 0 Å². The van der Waals surface area contributed by atoms with Crippen molar-refractivity contribution < 1.29 is 14.9 Å². The van der Waals surface area contributed by atoms with E-state index in [1.807, 2.05) is 0 Å². The third-order valence-electron chi connectivity index (χ3n) is 2.83. The number of hydrogen-bond donors (Lipinski definition) is 3. The van der Waals surface area contributed by atoms with E-state index < -0.39 is 0 Å². The fourth-order valence-corrected chi connectivity index (χ4v) is 1.80. The molecule has 1 amide bonds. The Kier molecular flexibility index (Phi) is 11.6. The molecule has 0 aliphatic carbocycles. The van der Waals surface area contributed by atoms with Gasteiger partial charge in [-0.2, -0.15) is 0 Å². The molecule has 106 valence electrons. The normalized spacial score (nSPS) is 11.3. The van der Waals surface area contributed by atoms with E-state index in [-0.39, 0.29) is 5.91 Å². The van der Waals surface area contributed by atoms with Crippen molar-refractivity contribution in [2.75, 3.05) is 27.2 Å². The molecule has 0 aromatic rings. The van der Waals surface area contributed by atoms with Gasteiger partial charge in [0.25, 0.3) is 5.91 Å². The van der Waals surface area contributed by atoms with E-state index in [0.717, 1.165) is 19.1 Å². The third kappa shape index (κ3) is 13.0. The number of carbonyl (C=O) groups excluding carboxylic acids is 1. The zero-order valence-electron chi connectivity index (χ0n) is 11.7. The van der Waals surface area contributed by atoms with Gasteiger partial charge in [-0.05, 0) is 19.3 Å². The topological polar surface area (TPSA) is 66.1 Å². The summed E-state index contributed by atoms with van der Waals surface area (Å²) >= 11 is 0. The van der Waals surface area contributed by atoms with E-state index in [0.29, 0.717) is 6.54 Å². The van der Waals surface area contributed by atoms with Crippen molar-refractivity contribution in [3.05, 3.63) is 0 Å². The summed E-state index contributed by atoms with van der Waals surface area (Å²) in [6, 6.07) is 0. The molecule has 0 bridgehead atoms. The van der Waals surface area contributed by atoms with Gasteiger partial charge in [0, 0.05) is 6.54 Å². The molecule has 3 N–H and O–H groups in total. The number of carbonyl (C=O) groups is 1. The summed E-state index contributed by atoms with van der Waals surface area (Å²) in [7, 11) is 4.38. The highest BCUT2D eigenvalue weighted by molar-refractivity contribution is 6.25. The number of rotatable bonds is 11. The van der Waals surface area contributed by atoms with Gasteiger partial charge in [-0.15, -0.1) is 0 Å². The molecule has 0 fully saturated rings. The summed E-state index contributed by atoms with van der Waals surface area (Å²) in [5.74, 6) is -0.330. The molecule has 0 radical (unpaired) electrons. The Balaban J connectivity index is 3.10. The zero-order valence-corrected chi connectivity index (χ0v) is 11.7. The molecule has 0 saturated carbocycles. The molecular formula is C13H28N3O2+. The predicted molar refractivity (Wildman–Crippen MR) is 73.3 cm³/mol. The second-order valence-corrected chi connectivity index (χ2v) is 4.97. The zero-order chi connectivity index (χ0) is 13.6. The first-order valence-electron chi connectivity index (χ1n) is 6.91. The Morgan fingerprint density at radius 1 is 1.11 bits per heavy atom. The second kappa shape index (κ2) is 12.4. The van der Waals surface area contributed by atoms with Crippen LogP contribution in [0.1, 0.15) is 44.9 Å². The molecule has 5 nitrogen and oxygen atoms in total. The number of hydrogen-bond acceptors (Lipinski definition) is 3. The average molecular weight is 258 g/mol. The van der Waals surface area contributed by atoms with Crippen molar-refractivity contribution in [3.63, 3.8) is 0 Å². The van der Waals surface area contributed by atoms with Gasteiger partial charge in [0.15, 0.2) is 0 Å². The highest BCUT2D eigenvalue weighted by Crippen LogP contribution is 2.05. The Hall–Kier alpha value is -1.10. The minimum Gasteiger partial charge on any atom is -0.411 e. The summed E-state index contributed by atoms with van der Waals surface area (Å²) in [4.78, 5) is 12.4. The summed E-state index contributed by atoms with van der Waals surface area (Å²) in [6.45, 7) is 1.92. The van der Waals surface area contributed by atoms with E-state index in [1.54, 1.807) is 0 Å². The molecular weight excluding hydrogens is 230 g/mol. The average Bonchev–Trinajstić information content (AvgIpc) is 2.31. The lowest BCUT2D eigenvalue weighted by Crippen LogP contribution is -3.05. The van der Waals surface area contributed by atoms with Crippen LogP contribution in [-0.4, -0.2) is 44.5 Å². The van der Waals surface area contributed by atoms with Crippen LogP contribution < -0.4 is 10.2 Å². The van der Waals surface area contributed by atoms with Crippen LogP contribution in [0.15, 0.2) is 5.16 Å². The van der Waals surface area contributed by atoms with Crippen molar-refractivity contribution in [2.45, 2.75) is 44.9 Å². The number of oxime groups is 1. The smallest absolute Gasteiger partial charge is 0.265 e. The number of nitrogens with one attached hydrogen (secondary N) is 2. The van der Waals surface area contributed by atoms with Crippen LogP contribution in [0.5, 0.6) is 0 Å². The standard InChI is InChI=1S/C13H27N3O2/c1-16(2)11-9-7-5-3-4-6-8-10-14-13(17)12-15-18/h12,18H,3-11H2,1-2H3,(H,14,17)/p+1/b15-12-. The van der Waals surface area contributed by atoms with Crippen molar-refractivity contribution >= 4 is 12.1 Å². The molecule has 0 aliphatic heterocycles. The molecule has 0 aromatic heterocycles. The van der Waals surface area contributed by atoms with E-state index in [4.69, 9.17) is 5.21 Å². The van der Waals surface area contributed by atoms with E-state index in [2.05, 4.69) is 24.6 Å². The molecule has 0 heterocycles. The second-order valence-electron chi connectivity index (χ2n) is 4.97. The Morgan fingerprint density at radius 3 is 2.22 bits per heavy atom. The monoisotopic (exact) mass is 258 g/mol. The molecule has 0 aliphatic rings. The van der Waals surface area contributed by atoms with Crippen LogP contribution in [0.4, 0.5) is 0 Å². The first-order chi connectivity index (χ1) is 8.66. The predicted octanol–water partition coefficient (Wildman–Crippen LogP) is 0.438. The van der Waals surface area contributed by atoms with Crippen molar-refractivity contribution in [2.24, 2.45) is 5.16 Å². The van der Waals surface area contributed by atoms with Gasteiger partial charge in [-0.25, -0.2) is 0 Å². The van der Waals surface area contributed by atoms with Gasteiger partial charge in [-0.3, -0.25) is 4.79 Å². The summed E-state index contributed by atoms with van der Waals surface area (Å²) < 4.78 is 0. The minimum absolute atomic E-state index is 0.330. The third-order valence-corrected chi connectivity index (χ3v) is 2.83. The fraction of sp³-hybridized carbons (Fsp3) is 0.846. The van der Waals surface area contributed by atoms with E-state index in [1.165, 1.54) is 43.5 Å². The van der Waals surface area contributed by atoms with Crippen molar-refractivity contribution in [3.8, 4) is 0 Å². The number of nitrogens with zero attached hydrogens (tertiary/aromatic N) is 1. The molecule has 0 atom stereocenters. The van der Waals surface area contributed by atoms with Gasteiger partial charge in [0.05, 0.1) is 20.6 Å². The van der Waals surface area contributed by atoms with Crippen LogP contribution in [0.25, 0.3) is 0 Å². The van der Waals surface area contributed by atoms with Crippen molar-refractivity contribution in [1.82, 2.24) is 5.32 Å². The fourth-order valence-electron chi connectivity index (χ4n) is 1.80. The Morgan fingerprint density at radius 2 is 1.67 bits per heavy atom. The van der Waals surface area contributed by atoms with Crippen LogP contribution >= 0.6 is 0 Å². The van der Waals surface area contributed by atoms with Gasteiger partial charge in [0.2, 0.25) is 0 Å². The molecule has 0 rings (SSSR count). The lowest BCUT2D eigenvalue weighted by Gasteiger charge is -2.06. The largest absolute Gasteiger partial charge is 0.411 e. The highest BCUT2D eigenvalue weighted by Gasteiger charge is 1.96. The molecule has 0 unspecified atom stereocenters. The molecule has 0 spiro atoms.